The molecule has 0 saturated carbocycles. The first kappa shape index (κ1) is 15.8. The molecular formula is C17H17BrN6O2. The molecule has 0 atom stereocenters. The third kappa shape index (κ3) is 2.77. The topological polar surface area (TPSA) is 79.4 Å². The molecule has 0 aliphatic carbocycles. The van der Waals surface area contributed by atoms with Gasteiger partial charge in [-0.15, -0.1) is 0 Å². The monoisotopic (exact) mass is 416 g/mol. The molecule has 1 fully saturated rings. The first-order valence-electron chi connectivity index (χ1n) is 8.48. The van der Waals surface area contributed by atoms with Gasteiger partial charge in [-0.1, -0.05) is 6.07 Å². The highest BCUT2D eigenvalue weighted by Gasteiger charge is 2.22. The van der Waals surface area contributed by atoms with E-state index in [1.165, 1.54) is 5.56 Å². The second-order valence-corrected chi connectivity index (χ2v) is 7.18. The second kappa shape index (κ2) is 6.40. The van der Waals surface area contributed by atoms with Crippen molar-refractivity contribution in [1.82, 2.24) is 25.1 Å². The normalized spacial score (nSPS) is 17.2. The highest BCUT2D eigenvalue weighted by atomic mass is 79.9. The highest BCUT2D eigenvalue weighted by molar-refractivity contribution is 9.10. The van der Waals surface area contributed by atoms with Crippen LogP contribution < -0.4 is 14.4 Å². The predicted molar refractivity (Wildman–Crippen MR) is 99.4 cm³/mol. The number of H-pyrrole nitrogens is 1. The number of aromatic amines is 1. The molecule has 0 spiro atoms. The number of benzene rings is 1. The van der Waals surface area contributed by atoms with Crippen molar-refractivity contribution < 1.29 is 9.47 Å². The van der Waals surface area contributed by atoms with E-state index in [1.54, 1.807) is 6.33 Å². The van der Waals surface area contributed by atoms with E-state index >= 15 is 0 Å². The van der Waals surface area contributed by atoms with Crippen LogP contribution in [0.5, 0.6) is 11.5 Å². The van der Waals surface area contributed by atoms with Crippen molar-refractivity contribution in [1.29, 1.82) is 0 Å². The summed E-state index contributed by atoms with van der Waals surface area (Å²) >= 11 is 3.51. The Morgan fingerprint density at radius 2 is 1.92 bits per heavy atom. The molecule has 5 rings (SSSR count). The van der Waals surface area contributed by atoms with Crippen LogP contribution in [0.1, 0.15) is 5.56 Å². The van der Waals surface area contributed by atoms with E-state index in [0.717, 1.165) is 60.0 Å². The lowest BCUT2D eigenvalue weighted by Gasteiger charge is -2.35. The zero-order chi connectivity index (χ0) is 17.5. The second-order valence-electron chi connectivity index (χ2n) is 6.38. The molecule has 1 aromatic carbocycles. The Morgan fingerprint density at radius 1 is 1.08 bits per heavy atom. The van der Waals surface area contributed by atoms with Crippen LogP contribution in [0, 0.1) is 0 Å². The summed E-state index contributed by atoms with van der Waals surface area (Å²) in [6.45, 7) is 4.97. The van der Waals surface area contributed by atoms with Crippen LogP contribution in [0.3, 0.4) is 0 Å². The molecule has 9 heteroatoms. The van der Waals surface area contributed by atoms with Crippen LogP contribution in [0.2, 0.25) is 0 Å². The van der Waals surface area contributed by atoms with Gasteiger partial charge in [-0.3, -0.25) is 10.00 Å². The zero-order valence-electron chi connectivity index (χ0n) is 14.0. The molecule has 0 amide bonds. The summed E-state index contributed by atoms with van der Waals surface area (Å²) < 4.78 is 11.7. The molecular weight excluding hydrogens is 400 g/mol. The lowest BCUT2D eigenvalue weighted by Crippen LogP contribution is -2.46. The molecule has 1 N–H and O–H groups in total. The van der Waals surface area contributed by atoms with E-state index in [9.17, 15) is 0 Å². The van der Waals surface area contributed by atoms with Gasteiger partial charge in [0.25, 0.3) is 0 Å². The summed E-state index contributed by atoms with van der Waals surface area (Å²) in [4.78, 5) is 13.4. The molecule has 3 aromatic rings. The number of aromatic nitrogens is 4. The molecule has 0 radical (unpaired) electrons. The largest absolute Gasteiger partial charge is 0.454 e. The van der Waals surface area contributed by atoms with Crippen molar-refractivity contribution in [2.45, 2.75) is 6.54 Å². The molecule has 134 valence electrons. The lowest BCUT2D eigenvalue weighted by atomic mass is 10.1. The summed E-state index contributed by atoms with van der Waals surface area (Å²) in [5, 5.41) is 8.06. The van der Waals surface area contributed by atoms with Crippen molar-refractivity contribution >= 4 is 32.8 Å². The SMILES string of the molecule is Brc1[nH]nc2ncnc(N3CCN(Cc4ccc5c(c4)OCO5)CC3)c12. The maximum absolute atomic E-state index is 5.47. The molecule has 2 aliphatic rings. The smallest absolute Gasteiger partial charge is 0.231 e. The van der Waals surface area contributed by atoms with Gasteiger partial charge in [0, 0.05) is 32.7 Å². The van der Waals surface area contributed by atoms with Crippen molar-refractivity contribution in [2.24, 2.45) is 0 Å². The number of rotatable bonds is 3. The Bertz CT molecular complexity index is 954. The van der Waals surface area contributed by atoms with Gasteiger partial charge in [0.15, 0.2) is 17.1 Å². The molecule has 0 bridgehead atoms. The van der Waals surface area contributed by atoms with Gasteiger partial charge in [-0.2, -0.15) is 5.10 Å². The number of anilines is 1. The summed E-state index contributed by atoms with van der Waals surface area (Å²) in [6.07, 6.45) is 1.57. The number of hydrogen-bond donors (Lipinski definition) is 1. The third-order valence-electron chi connectivity index (χ3n) is 4.80. The van der Waals surface area contributed by atoms with Crippen LogP contribution >= 0.6 is 15.9 Å². The average molecular weight is 417 g/mol. The van der Waals surface area contributed by atoms with Crippen LogP contribution in [0.25, 0.3) is 11.0 Å². The minimum absolute atomic E-state index is 0.314. The fraction of sp³-hybridized carbons (Fsp3) is 0.353. The Balaban J connectivity index is 1.28. The summed E-state index contributed by atoms with van der Waals surface area (Å²) in [5.41, 5.74) is 1.93. The minimum atomic E-state index is 0.314. The molecule has 2 aromatic heterocycles. The molecule has 4 heterocycles. The quantitative estimate of drug-likeness (QED) is 0.700. The van der Waals surface area contributed by atoms with Gasteiger partial charge in [0.1, 0.15) is 16.7 Å². The maximum Gasteiger partial charge on any atom is 0.231 e. The van der Waals surface area contributed by atoms with Gasteiger partial charge in [0.05, 0.1) is 5.39 Å². The first-order chi connectivity index (χ1) is 12.8. The van der Waals surface area contributed by atoms with E-state index in [4.69, 9.17) is 9.47 Å². The molecule has 2 aliphatic heterocycles. The number of nitrogens with zero attached hydrogens (tertiary/aromatic N) is 5. The van der Waals surface area contributed by atoms with Crippen LogP contribution in [-0.4, -0.2) is 58.0 Å². The van der Waals surface area contributed by atoms with Gasteiger partial charge < -0.3 is 14.4 Å². The predicted octanol–water partition coefficient (Wildman–Crippen LogP) is 2.17. The van der Waals surface area contributed by atoms with Gasteiger partial charge in [-0.05, 0) is 33.6 Å². The van der Waals surface area contributed by atoms with E-state index < -0.39 is 0 Å². The summed E-state index contributed by atoms with van der Waals surface area (Å²) in [6, 6.07) is 6.17. The van der Waals surface area contributed by atoms with Crippen molar-refractivity contribution in [3.63, 3.8) is 0 Å². The number of halogens is 1. The number of nitrogens with one attached hydrogen (secondary N) is 1. The molecule has 26 heavy (non-hydrogen) atoms. The van der Waals surface area contributed by atoms with Crippen LogP contribution in [-0.2, 0) is 6.54 Å². The van der Waals surface area contributed by atoms with Crippen molar-refractivity contribution in [2.75, 3.05) is 37.9 Å². The van der Waals surface area contributed by atoms with Gasteiger partial charge in [0.2, 0.25) is 6.79 Å². The van der Waals surface area contributed by atoms with E-state index in [0.29, 0.717) is 12.4 Å². The number of ether oxygens (including phenoxy) is 2. The highest BCUT2D eigenvalue weighted by Crippen LogP contribution is 2.33. The average Bonchev–Trinajstić information content (AvgIpc) is 3.29. The zero-order valence-corrected chi connectivity index (χ0v) is 15.6. The maximum atomic E-state index is 5.47. The Kier molecular flexibility index (Phi) is 3.90. The van der Waals surface area contributed by atoms with Crippen molar-refractivity contribution in [3.05, 3.63) is 34.7 Å². The van der Waals surface area contributed by atoms with Gasteiger partial charge >= 0.3 is 0 Å². The summed E-state index contributed by atoms with van der Waals surface area (Å²) in [5.74, 6) is 2.60. The Hall–Kier alpha value is -2.39. The van der Waals surface area contributed by atoms with E-state index in [1.807, 2.05) is 6.07 Å². The fourth-order valence-corrected chi connectivity index (χ4v) is 3.90. The summed E-state index contributed by atoms with van der Waals surface area (Å²) in [7, 11) is 0. The standard InChI is InChI=1S/C17H17BrN6O2/c18-15-14-16(22-21-15)19-9-20-17(14)24-5-3-23(4-6-24)8-11-1-2-12-13(7-11)26-10-25-12/h1-2,7,9H,3-6,8,10H2,(H,19,20,21,22). The molecule has 0 unspecified atom stereocenters. The number of piperazine rings is 1. The third-order valence-corrected chi connectivity index (χ3v) is 5.38. The van der Waals surface area contributed by atoms with E-state index in [2.05, 4.69) is 58.0 Å². The number of hydrogen-bond acceptors (Lipinski definition) is 7. The fourth-order valence-electron chi connectivity index (χ4n) is 3.46. The van der Waals surface area contributed by atoms with Crippen LogP contribution in [0.15, 0.2) is 29.1 Å². The molecule has 1 saturated heterocycles. The van der Waals surface area contributed by atoms with Crippen molar-refractivity contribution in [3.8, 4) is 11.5 Å². The minimum Gasteiger partial charge on any atom is -0.454 e. The first-order valence-corrected chi connectivity index (χ1v) is 9.27. The molecule has 8 nitrogen and oxygen atoms in total. The van der Waals surface area contributed by atoms with Gasteiger partial charge in [-0.25, -0.2) is 9.97 Å². The van der Waals surface area contributed by atoms with Crippen LogP contribution in [0.4, 0.5) is 5.82 Å². The Morgan fingerprint density at radius 3 is 2.81 bits per heavy atom. The Labute approximate surface area is 158 Å². The van der Waals surface area contributed by atoms with E-state index in [-0.39, 0.29) is 0 Å². The lowest BCUT2D eigenvalue weighted by molar-refractivity contribution is 0.174. The number of fused-ring (bicyclic) bond motifs is 2.